The van der Waals surface area contributed by atoms with Crippen molar-refractivity contribution in [3.8, 4) is 0 Å². The maximum Gasteiger partial charge on any atom is 0.0700 e. The molecule has 0 aromatic heterocycles. The van der Waals surface area contributed by atoms with Crippen molar-refractivity contribution in [2.45, 2.75) is 51.0 Å². The fourth-order valence-electron chi connectivity index (χ4n) is 2.75. The topological polar surface area (TPSA) is 33.3 Å². The van der Waals surface area contributed by atoms with Crippen molar-refractivity contribution in [3.05, 3.63) is 11.6 Å². The van der Waals surface area contributed by atoms with Crippen LogP contribution >= 0.6 is 0 Å². The first-order valence-electron chi connectivity index (χ1n) is 7.66. The lowest BCUT2D eigenvalue weighted by Crippen LogP contribution is -2.33. The van der Waals surface area contributed by atoms with Gasteiger partial charge in [0, 0.05) is 26.2 Å². The standard InChI is InChI=1S/C15H28N2O/c1-2-5-14(6-3-1)8-9-16-10-11-17-13-15-7-4-12-18-15/h5,15-17H,1-4,6-13H2. The van der Waals surface area contributed by atoms with Crippen LogP contribution in [0.2, 0.25) is 0 Å². The summed E-state index contributed by atoms with van der Waals surface area (Å²) >= 11 is 0. The van der Waals surface area contributed by atoms with Gasteiger partial charge < -0.3 is 15.4 Å². The molecule has 1 aliphatic carbocycles. The van der Waals surface area contributed by atoms with E-state index >= 15 is 0 Å². The number of nitrogens with one attached hydrogen (secondary N) is 2. The Labute approximate surface area is 111 Å². The average molecular weight is 252 g/mol. The highest BCUT2D eigenvalue weighted by molar-refractivity contribution is 5.05. The van der Waals surface area contributed by atoms with E-state index < -0.39 is 0 Å². The van der Waals surface area contributed by atoms with Crippen LogP contribution in [0.25, 0.3) is 0 Å². The Morgan fingerprint density at radius 1 is 1.11 bits per heavy atom. The second-order valence-electron chi connectivity index (χ2n) is 5.45. The minimum Gasteiger partial charge on any atom is -0.377 e. The van der Waals surface area contributed by atoms with Gasteiger partial charge in [0.1, 0.15) is 0 Å². The van der Waals surface area contributed by atoms with Gasteiger partial charge in [-0.3, -0.25) is 0 Å². The zero-order chi connectivity index (χ0) is 12.5. The second kappa shape index (κ2) is 8.68. The molecular formula is C15H28N2O. The summed E-state index contributed by atoms with van der Waals surface area (Å²) in [4.78, 5) is 0. The van der Waals surface area contributed by atoms with Crippen molar-refractivity contribution in [3.63, 3.8) is 0 Å². The molecule has 0 aromatic carbocycles. The lowest BCUT2D eigenvalue weighted by molar-refractivity contribution is 0.110. The van der Waals surface area contributed by atoms with Crippen LogP contribution in [0.1, 0.15) is 44.9 Å². The molecule has 0 amide bonds. The van der Waals surface area contributed by atoms with Crippen molar-refractivity contribution in [2.24, 2.45) is 0 Å². The molecule has 1 heterocycles. The molecule has 1 aliphatic heterocycles. The maximum absolute atomic E-state index is 5.57. The highest BCUT2D eigenvalue weighted by atomic mass is 16.5. The fourth-order valence-corrected chi connectivity index (χ4v) is 2.75. The van der Waals surface area contributed by atoms with Crippen LogP contribution in [0.15, 0.2) is 11.6 Å². The molecule has 1 fully saturated rings. The molecule has 104 valence electrons. The Balaban J connectivity index is 1.38. The first-order valence-corrected chi connectivity index (χ1v) is 7.66. The molecule has 1 unspecified atom stereocenters. The summed E-state index contributed by atoms with van der Waals surface area (Å²) in [7, 11) is 0. The summed E-state index contributed by atoms with van der Waals surface area (Å²) in [6, 6.07) is 0. The highest BCUT2D eigenvalue weighted by Gasteiger charge is 2.13. The van der Waals surface area contributed by atoms with Crippen LogP contribution in [0.4, 0.5) is 0 Å². The number of hydrogen-bond donors (Lipinski definition) is 2. The average Bonchev–Trinajstić information content (AvgIpc) is 2.92. The van der Waals surface area contributed by atoms with E-state index in [2.05, 4.69) is 16.7 Å². The fraction of sp³-hybridized carbons (Fsp3) is 0.867. The van der Waals surface area contributed by atoms with Gasteiger partial charge in [0.25, 0.3) is 0 Å². The smallest absolute Gasteiger partial charge is 0.0700 e. The molecule has 0 saturated carbocycles. The van der Waals surface area contributed by atoms with Crippen LogP contribution < -0.4 is 10.6 Å². The Morgan fingerprint density at radius 2 is 2.06 bits per heavy atom. The predicted octanol–water partition coefficient (Wildman–Crippen LogP) is 2.24. The minimum atomic E-state index is 0.470. The molecule has 2 aliphatic rings. The summed E-state index contributed by atoms with van der Waals surface area (Å²) in [5, 5.41) is 6.98. The van der Waals surface area contributed by atoms with Crippen LogP contribution in [0, 0.1) is 0 Å². The molecule has 18 heavy (non-hydrogen) atoms. The SMILES string of the molecule is C1=C(CCNCCNCC2CCCO2)CCCC1. The molecule has 1 atom stereocenters. The van der Waals surface area contributed by atoms with Gasteiger partial charge >= 0.3 is 0 Å². The van der Waals surface area contributed by atoms with Gasteiger partial charge in [-0.1, -0.05) is 11.6 Å². The number of allylic oxidation sites excluding steroid dienone is 1. The zero-order valence-corrected chi connectivity index (χ0v) is 11.5. The Bertz CT molecular complexity index is 247. The molecular weight excluding hydrogens is 224 g/mol. The number of rotatable bonds is 8. The summed E-state index contributed by atoms with van der Waals surface area (Å²) in [6.07, 6.45) is 12.1. The first kappa shape index (κ1) is 14.0. The van der Waals surface area contributed by atoms with E-state index in [9.17, 15) is 0 Å². The third kappa shape index (κ3) is 5.51. The van der Waals surface area contributed by atoms with E-state index in [1.165, 1.54) is 44.9 Å². The lowest BCUT2D eigenvalue weighted by atomic mass is 9.97. The minimum absolute atomic E-state index is 0.470. The number of hydrogen-bond acceptors (Lipinski definition) is 3. The van der Waals surface area contributed by atoms with E-state index in [-0.39, 0.29) is 0 Å². The summed E-state index contributed by atoms with van der Waals surface area (Å²) < 4.78 is 5.57. The third-order valence-electron chi connectivity index (χ3n) is 3.88. The zero-order valence-electron chi connectivity index (χ0n) is 11.5. The van der Waals surface area contributed by atoms with Crippen LogP contribution in [0.3, 0.4) is 0 Å². The molecule has 0 spiro atoms. The largest absolute Gasteiger partial charge is 0.377 e. The van der Waals surface area contributed by atoms with Crippen molar-refractivity contribution >= 4 is 0 Å². The highest BCUT2D eigenvalue weighted by Crippen LogP contribution is 2.19. The van der Waals surface area contributed by atoms with E-state index in [0.29, 0.717) is 6.10 Å². The van der Waals surface area contributed by atoms with Crippen molar-refractivity contribution < 1.29 is 4.74 Å². The lowest BCUT2D eigenvalue weighted by Gasteiger charge is -2.13. The van der Waals surface area contributed by atoms with Gasteiger partial charge in [0.05, 0.1) is 6.10 Å². The van der Waals surface area contributed by atoms with Crippen molar-refractivity contribution in [1.82, 2.24) is 10.6 Å². The van der Waals surface area contributed by atoms with Crippen LogP contribution in [-0.2, 0) is 4.74 Å². The van der Waals surface area contributed by atoms with E-state index in [0.717, 1.165) is 32.8 Å². The summed E-state index contributed by atoms with van der Waals surface area (Å²) in [6.45, 7) is 5.24. The molecule has 2 rings (SSSR count). The summed E-state index contributed by atoms with van der Waals surface area (Å²) in [5.74, 6) is 0. The summed E-state index contributed by atoms with van der Waals surface area (Å²) in [5.41, 5.74) is 1.67. The second-order valence-corrected chi connectivity index (χ2v) is 5.45. The molecule has 1 saturated heterocycles. The predicted molar refractivity (Wildman–Crippen MR) is 75.9 cm³/mol. The molecule has 0 aromatic rings. The molecule has 2 N–H and O–H groups in total. The third-order valence-corrected chi connectivity index (χ3v) is 3.88. The quantitative estimate of drug-likeness (QED) is 0.513. The Kier molecular flexibility index (Phi) is 6.77. The van der Waals surface area contributed by atoms with E-state index in [1.54, 1.807) is 5.57 Å². The van der Waals surface area contributed by atoms with Gasteiger partial charge in [0.2, 0.25) is 0 Å². The monoisotopic (exact) mass is 252 g/mol. The van der Waals surface area contributed by atoms with Gasteiger partial charge in [-0.2, -0.15) is 0 Å². The van der Waals surface area contributed by atoms with Gasteiger partial charge in [-0.15, -0.1) is 0 Å². The molecule has 3 heteroatoms. The number of ether oxygens (including phenoxy) is 1. The molecule has 0 bridgehead atoms. The molecule has 3 nitrogen and oxygen atoms in total. The van der Waals surface area contributed by atoms with Gasteiger partial charge in [0.15, 0.2) is 0 Å². The normalized spacial score (nSPS) is 24.2. The van der Waals surface area contributed by atoms with Crippen LogP contribution in [0.5, 0.6) is 0 Å². The van der Waals surface area contributed by atoms with Gasteiger partial charge in [-0.25, -0.2) is 0 Å². The van der Waals surface area contributed by atoms with Gasteiger partial charge in [-0.05, 0) is 51.5 Å². The van der Waals surface area contributed by atoms with Crippen molar-refractivity contribution in [2.75, 3.05) is 32.8 Å². The van der Waals surface area contributed by atoms with E-state index in [4.69, 9.17) is 4.74 Å². The van der Waals surface area contributed by atoms with E-state index in [1.807, 2.05) is 0 Å². The Hall–Kier alpha value is -0.380. The Morgan fingerprint density at radius 3 is 2.83 bits per heavy atom. The van der Waals surface area contributed by atoms with Crippen molar-refractivity contribution in [1.29, 1.82) is 0 Å². The molecule has 0 radical (unpaired) electrons. The van der Waals surface area contributed by atoms with Crippen LogP contribution in [-0.4, -0.2) is 38.9 Å². The first-order chi connectivity index (χ1) is 8.95. The maximum atomic E-state index is 5.57.